The molecule has 0 fully saturated rings. The van der Waals surface area contributed by atoms with Crippen LogP contribution in [0.3, 0.4) is 0 Å². The number of nitrogens with zero attached hydrogens (tertiary/aromatic N) is 4. The maximum atomic E-state index is 7.62. The van der Waals surface area contributed by atoms with E-state index >= 15 is 0 Å². The zero-order valence-corrected chi connectivity index (χ0v) is 8.90. The summed E-state index contributed by atoms with van der Waals surface area (Å²) in [6, 6.07) is 0. The Bertz CT molecular complexity index is 120. The third-order valence-corrected chi connectivity index (χ3v) is 2.13. The summed E-state index contributed by atoms with van der Waals surface area (Å²) in [6.45, 7) is 6.06. The minimum absolute atomic E-state index is 1.85. The molecule has 0 aromatic carbocycles. The summed E-state index contributed by atoms with van der Waals surface area (Å²) in [4.78, 5) is 2.43. The molecule has 5 nitrogen and oxygen atoms in total. The van der Waals surface area contributed by atoms with Gasteiger partial charge in [0, 0.05) is 0 Å². The molecule has 0 saturated heterocycles. The number of rotatable bonds is 2. The maximum absolute atomic E-state index is 7.62. The van der Waals surface area contributed by atoms with Crippen LogP contribution in [0.4, 0.5) is 0 Å². The van der Waals surface area contributed by atoms with Crippen LogP contribution in [0.5, 0.6) is 0 Å². The third kappa shape index (κ3) is 5.54. The van der Waals surface area contributed by atoms with E-state index in [2.05, 4.69) is 15.5 Å². The van der Waals surface area contributed by atoms with Gasteiger partial charge in [0.05, 0.1) is 0 Å². The van der Waals surface area contributed by atoms with E-state index in [1.54, 1.807) is 0 Å². The zero-order chi connectivity index (χ0) is 5.54. The molecule has 0 bridgehead atoms. The normalized spacial score (nSPS) is 4.43. The van der Waals surface area contributed by atoms with E-state index in [0.717, 1.165) is 0 Å². The summed E-state index contributed by atoms with van der Waals surface area (Å²) in [5, 5.41) is 2.56. The molecule has 0 saturated carbocycles. The van der Waals surface area contributed by atoms with Crippen molar-refractivity contribution in [3.63, 3.8) is 0 Å². The van der Waals surface area contributed by atoms with Crippen LogP contribution in [0, 0.1) is 6.57 Å². The first kappa shape index (κ1) is 6.54. The van der Waals surface area contributed by atoms with Crippen LogP contribution in [0.2, 0.25) is 0 Å². The van der Waals surface area contributed by atoms with E-state index in [4.69, 9.17) is 12.1 Å². The molecule has 0 atom stereocenters. The standard InChI is InChI=1S/CNO.Hg.N3/c1-2-3;;1-3-2/q-1;+2;-1. The summed E-state index contributed by atoms with van der Waals surface area (Å²) >= 11 is -1.85. The van der Waals surface area contributed by atoms with E-state index < -0.39 is 25.3 Å². The van der Waals surface area contributed by atoms with Crippen LogP contribution in [0.25, 0.3) is 15.5 Å². The Labute approximate surface area is 53.2 Å². The van der Waals surface area contributed by atoms with Crippen LogP contribution < -0.4 is 0 Å². The van der Waals surface area contributed by atoms with E-state index in [0.29, 0.717) is 0 Å². The minimum atomic E-state index is -1.85. The van der Waals surface area contributed by atoms with Gasteiger partial charge in [-0.15, -0.1) is 0 Å². The molecule has 0 aromatic heterocycles. The molecule has 0 unspecified atom stereocenters. The summed E-state index contributed by atoms with van der Waals surface area (Å²) in [5.74, 6) is 0. The molecule has 0 amide bonds. The van der Waals surface area contributed by atoms with Gasteiger partial charge in [0.1, 0.15) is 0 Å². The van der Waals surface area contributed by atoms with Crippen molar-refractivity contribution >= 4 is 0 Å². The van der Waals surface area contributed by atoms with E-state index in [1.165, 1.54) is 0 Å². The van der Waals surface area contributed by atoms with Crippen molar-refractivity contribution < 1.29 is 28.1 Å². The third-order valence-electron chi connectivity index (χ3n) is 0.243. The molecular formula is CHgN4O. The molecule has 0 rings (SSSR count). The fraction of sp³-hybridized carbons (Fsp3) is 0. The monoisotopic (exact) mass is 286 g/mol. The number of hydrogen-bond donors (Lipinski definition) is 0. The van der Waals surface area contributed by atoms with Gasteiger partial charge in [-0.3, -0.25) is 0 Å². The Morgan fingerprint density at radius 3 is 3.00 bits per heavy atom. The van der Waals surface area contributed by atoms with Crippen molar-refractivity contribution in [3.05, 3.63) is 22.0 Å². The Hall–Kier alpha value is -0.465. The van der Waals surface area contributed by atoms with Crippen LogP contribution in [-0.4, -0.2) is 0 Å². The Morgan fingerprint density at radius 1 is 1.86 bits per heavy atom. The first-order chi connectivity index (χ1) is 3.41. The molecule has 0 aliphatic heterocycles. The van der Waals surface area contributed by atoms with Gasteiger partial charge in [0.2, 0.25) is 0 Å². The van der Waals surface area contributed by atoms with E-state index in [9.17, 15) is 0 Å². The second kappa shape index (κ2) is 5.54. The van der Waals surface area contributed by atoms with E-state index in [1.807, 2.05) is 0 Å². The molecule has 0 spiro atoms. The molecule has 32 valence electrons. The fourth-order valence-electron chi connectivity index (χ4n) is 0.0805. The van der Waals surface area contributed by atoms with Gasteiger partial charge in [0.15, 0.2) is 0 Å². The predicted octanol–water partition coefficient (Wildman–Crippen LogP) is 1.06. The van der Waals surface area contributed by atoms with Crippen LogP contribution >= 0.6 is 0 Å². The van der Waals surface area contributed by atoms with Crippen molar-refractivity contribution in [2.24, 2.45) is 2.88 Å². The summed E-state index contributed by atoms with van der Waals surface area (Å²) in [5.41, 5.74) is 7.62. The van der Waals surface area contributed by atoms with Crippen LogP contribution in [0.1, 0.15) is 0 Å². The molecule has 0 radical (unpaired) electrons. The molecule has 6 heteroatoms. The molecule has 0 N–H and O–H groups in total. The second-order valence-corrected chi connectivity index (χ2v) is 3.69. The molecule has 7 heavy (non-hydrogen) atoms. The predicted molar refractivity (Wildman–Crippen MR) is 16.8 cm³/mol. The summed E-state index contributed by atoms with van der Waals surface area (Å²) < 4.78 is 7.30. The first-order valence-corrected chi connectivity index (χ1v) is 6.11. The van der Waals surface area contributed by atoms with Gasteiger partial charge < -0.3 is 0 Å². The van der Waals surface area contributed by atoms with Crippen molar-refractivity contribution in [2.75, 3.05) is 0 Å². The Balaban J connectivity index is 3.03. The van der Waals surface area contributed by atoms with Gasteiger partial charge in [0.25, 0.3) is 0 Å². The van der Waals surface area contributed by atoms with Crippen molar-refractivity contribution in [3.8, 4) is 0 Å². The first-order valence-electron chi connectivity index (χ1n) is 1.41. The van der Waals surface area contributed by atoms with Crippen molar-refractivity contribution in [2.45, 2.75) is 0 Å². The average Bonchev–Trinajstić information content (AvgIpc) is 1.69. The summed E-state index contributed by atoms with van der Waals surface area (Å²) in [6.07, 6.45) is 0. The van der Waals surface area contributed by atoms with E-state index in [-0.39, 0.29) is 0 Å². The molecular weight excluding hydrogens is 285 g/mol. The number of hydrogen-bond acceptors (Lipinski definition) is 2. The topological polar surface area (TPSA) is 62.3 Å². The average molecular weight is 285 g/mol. The van der Waals surface area contributed by atoms with Gasteiger partial charge in [-0.2, -0.15) is 0 Å². The fourth-order valence-corrected chi connectivity index (χ4v) is 0.706. The van der Waals surface area contributed by atoms with Gasteiger partial charge in [-0.05, 0) is 0 Å². The van der Waals surface area contributed by atoms with Crippen LogP contribution in [-0.2, 0) is 28.1 Å². The SMILES string of the molecule is [C-]#[N+][O][Hg][N]=[N+]=[N-]. The van der Waals surface area contributed by atoms with Gasteiger partial charge in [-0.25, -0.2) is 0 Å². The summed E-state index contributed by atoms with van der Waals surface area (Å²) in [7, 11) is 0. The second-order valence-electron chi connectivity index (χ2n) is 0.580. The zero-order valence-electron chi connectivity index (χ0n) is 3.40. The van der Waals surface area contributed by atoms with Gasteiger partial charge in [-0.1, -0.05) is 0 Å². The van der Waals surface area contributed by atoms with Crippen molar-refractivity contribution in [1.29, 1.82) is 0 Å². The van der Waals surface area contributed by atoms with Crippen LogP contribution in [0.15, 0.2) is 2.88 Å². The Morgan fingerprint density at radius 2 is 2.57 bits per heavy atom. The molecule has 0 heterocycles. The molecule has 0 aliphatic carbocycles. The van der Waals surface area contributed by atoms with Crippen molar-refractivity contribution in [1.82, 2.24) is 0 Å². The number of azide groups is 1. The molecule has 0 aromatic rings. The quantitative estimate of drug-likeness (QED) is 0.142. The Kier molecular flexibility index (Phi) is 5.17. The van der Waals surface area contributed by atoms with Gasteiger partial charge >= 0.3 is 53.0 Å². The molecule has 0 aliphatic rings.